The normalized spacial score (nSPS) is 10.2. The second kappa shape index (κ2) is 6.91. The predicted octanol–water partition coefficient (Wildman–Crippen LogP) is 4.10. The lowest BCUT2D eigenvalue weighted by atomic mass is 10.2. The van der Waals surface area contributed by atoms with Gasteiger partial charge in [0, 0.05) is 0 Å². The number of amides is 1. The van der Waals surface area contributed by atoms with Crippen LogP contribution >= 0.6 is 11.3 Å². The molecule has 1 heterocycles. The molecule has 3 aromatic rings. The van der Waals surface area contributed by atoms with E-state index in [0.29, 0.717) is 11.4 Å². The first-order valence-electron chi connectivity index (χ1n) is 7.04. The van der Waals surface area contributed by atoms with Gasteiger partial charge in [0.25, 0.3) is 5.91 Å². The summed E-state index contributed by atoms with van der Waals surface area (Å²) < 4.78 is 0. The van der Waals surface area contributed by atoms with E-state index in [4.69, 9.17) is 0 Å². The standard InChI is InChI=1S/C18H16N2OS/c21-18(17-12-7-13-22-17)19-20(16-10-5-2-6-11-16)14-15-8-3-1-4-9-15/h1-13H,14H2,(H,19,21). The number of hydrogen-bond donors (Lipinski definition) is 1. The van der Waals surface area contributed by atoms with Gasteiger partial charge in [0.05, 0.1) is 17.1 Å². The maximum absolute atomic E-state index is 12.3. The van der Waals surface area contributed by atoms with E-state index in [1.807, 2.05) is 83.2 Å². The number of anilines is 1. The van der Waals surface area contributed by atoms with Crippen LogP contribution in [0.5, 0.6) is 0 Å². The van der Waals surface area contributed by atoms with Crippen LogP contribution < -0.4 is 10.4 Å². The summed E-state index contributed by atoms with van der Waals surface area (Å²) in [5.41, 5.74) is 5.08. The Hall–Kier alpha value is -2.59. The van der Waals surface area contributed by atoms with Gasteiger partial charge in [0.15, 0.2) is 0 Å². The number of rotatable bonds is 5. The van der Waals surface area contributed by atoms with Gasteiger partial charge in [-0.15, -0.1) is 11.3 Å². The molecule has 3 rings (SSSR count). The van der Waals surface area contributed by atoms with Gasteiger partial charge in [0.2, 0.25) is 0 Å². The van der Waals surface area contributed by atoms with Gasteiger partial charge in [0.1, 0.15) is 0 Å². The highest BCUT2D eigenvalue weighted by Crippen LogP contribution is 2.16. The Labute approximate surface area is 133 Å². The van der Waals surface area contributed by atoms with Crippen molar-refractivity contribution in [2.75, 3.05) is 5.01 Å². The van der Waals surface area contributed by atoms with Crippen molar-refractivity contribution in [3.63, 3.8) is 0 Å². The molecule has 0 saturated carbocycles. The largest absolute Gasteiger partial charge is 0.281 e. The second-order valence-electron chi connectivity index (χ2n) is 4.83. The minimum absolute atomic E-state index is 0.0882. The number of nitrogens with zero attached hydrogens (tertiary/aromatic N) is 1. The molecule has 0 radical (unpaired) electrons. The van der Waals surface area contributed by atoms with Gasteiger partial charge in [-0.05, 0) is 29.1 Å². The molecule has 1 aromatic heterocycles. The first-order chi connectivity index (χ1) is 10.8. The minimum Gasteiger partial charge on any atom is -0.281 e. The molecule has 1 N–H and O–H groups in total. The first kappa shape index (κ1) is 14.4. The van der Waals surface area contributed by atoms with Crippen LogP contribution in [0, 0.1) is 0 Å². The fraction of sp³-hybridized carbons (Fsp3) is 0.0556. The molecule has 0 saturated heterocycles. The Morgan fingerprint density at radius 2 is 1.59 bits per heavy atom. The quantitative estimate of drug-likeness (QED) is 0.720. The summed E-state index contributed by atoms with van der Waals surface area (Å²) in [7, 11) is 0. The van der Waals surface area contributed by atoms with Crippen LogP contribution in [0.2, 0.25) is 0 Å². The number of hydrazine groups is 1. The van der Waals surface area contributed by atoms with Gasteiger partial charge < -0.3 is 0 Å². The van der Waals surface area contributed by atoms with Crippen molar-refractivity contribution in [1.82, 2.24) is 5.43 Å². The zero-order chi connectivity index (χ0) is 15.2. The molecule has 0 spiro atoms. The Balaban J connectivity index is 1.82. The molecule has 2 aromatic carbocycles. The summed E-state index contributed by atoms with van der Waals surface area (Å²) in [4.78, 5) is 13.0. The zero-order valence-electron chi connectivity index (χ0n) is 12.0. The Bertz CT molecular complexity index is 711. The van der Waals surface area contributed by atoms with E-state index in [2.05, 4.69) is 5.43 Å². The van der Waals surface area contributed by atoms with Gasteiger partial charge in [-0.25, -0.2) is 0 Å². The summed E-state index contributed by atoms with van der Waals surface area (Å²) in [6.45, 7) is 0.613. The van der Waals surface area contributed by atoms with Gasteiger partial charge in [-0.2, -0.15) is 0 Å². The van der Waals surface area contributed by atoms with Crippen molar-refractivity contribution in [3.8, 4) is 0 Å². The zero-order valence-corrected chi connectivity index (χ0v) is 12.8. The topological polar surface area (TPSA) is 32.3 Å². The maximum Gasteiger partial charge on any atom is 0.279 e. The third kappa shape index (κ3) is 3.54. The molecule has 0 aliphatic carbocycles. The van der Waals surface area contributed by atoms with E-state index in [9.17, 15) is 4.79 Å². The second-order valence-corrected chi connectivity index (χ2v) is 5.77. The summed E-state index contributed by atoms with van der Waals surface area (Å²) >= 11 is 1.44. The minimum atomic E-state index is -0.0882. The highest BCUT2D eigenvalue weighted by molar-refractivity contribution is 7.12. The van der Waals surface area contributed by atoms with Crippen LogP contribution in [0.25, 0.3) is 0 Å². The summed E-state index contributed by atoms with van der Waals surface area (Å²) in [6, 6.07) is 23.6. The van der Waals surface area contributed by atoms with E-state index >= 15 is 0 Å². The molecular weight excluding hydrogens is 292 g/mol. The van der Waals surface area contributed by atoms with Gasteiger partial charge >= 0.3 is 0 Å². The Morgan fingerprint density at radius 1 is 0.909 bits per heavy atom. The van der Waals surface area contributed by atoms with Crippen LogP contribution in [-0.2, 0) is 6.54 Å². The maximum atomic E-state index is 12.3. The van der Waals surface area contributed by atoms with Crippen molar-refractivity contribution in [1.29, 1.82) is 0 Å². The summed E-state index contributed by atoms with van der Waals surface area (Å²) in [5, 5.41) is 3.77. The molecule has 0 aliphatic rings. The number of benzene rings is 2. The lowest BCUT2D eigenvalue weighted by Gasteiger charge is -2.25. The predicted molar refractivity (Wildman–Crippen MR) is 90.9 cm³/mol. The van der Waals surface area contributed by atoms with Crippen molar-refractivity contribution in [2.45, 2.75) is 6.54 Å². The number of para-hydroxylation sites is 1. The Kier molecular flexibility index (Phi) is 4.51. The molecule has 22 heavy (non-hydrogen) atoms. The lowest BCUT2D eigenvalue weighted by Crippen LogP contribution is -2.41. The van der Waals surface area contributed by atoms with E-state index in [-0.39, 0.29) is 5.91 Å². The molecule has 0 unspecified atom stereocenters. The Morgan fingerprint density at radius 3 is 2.23 bits per heavy atom. The fourth-order valence-corrected chi connectivity index (χ4v) is 2.77. The van der Waals surface area contributed by atoms with Crippen molar-refractivity contribution in [2.24, 2.45) is 0 Å². The molecule has 0 fully saturated rings. The lowest BCUT2D eigenvalue weighted by molar-refractivity contribution is 0.0952. The van der Waals surface area contributed by atoms with Crippen LogP contribution in [0.3, 0.4) is 0 Å². The third-order valence-electron chi connectivity index (χ3n) is 3.23. The highest BCUT2D eigenvalue weighted by atomic mass is 32.1. The molecule has 0 bridgehead atoms. The average molecular weight is 308 g/mol. The van der Waals surface area contributed by atoms with E-state index in [1.165, 1.54) is 11.3 Å². The van der Waals surface area contributed by atoms with Crippen molar-refractivity contribution >= 4 is 22.9 Å². The molecule has 4 heteroatoms. The number of thiophene rings is 1. The van der Waals surface area contributed by atoms with Crippen LogP contribution in [0.4, 0.5) is 5.69 Å². The fourth-order valence-electron chi connectivity index (χ4n) is 2.15. The van der Waals surface area contributed by atoms with Crippen molar-refractivity contribution < 1.29 is 4.79 Å². The number of carbonyl (C=O) groups excluding carboxylic acids is 1. The number of nitrogens with one attached hydrogen (secondary N) is 1. The summed E-state index contributed by atoms with van der Waals surface area (Å²) in [5.74, 6) is -0.0882. The molecule has 110 valence electrons. The van der Waals surface area contributed by atoms with Crippen LogP contribution in [0.1, 0.15) is 15.2 Å². The van der Waals surface area contributed by atoms with E-state index in [0.717, 1.165) is 11.3 Å². The third-order valence-corrected chi connectivity index (χ3v) is 4.10. The average Bonchev–Trinajstić information content (AvgIpc) is 3.11. The molecule has 3 nitrogen and oxygen atoms in total. The molecule has 0 atom stereocenters. The van der Waals surface area contributed by atoms with Crippen LogP contribution in [-0.4, -0.2) is 5.91 Å². The van der Waals surface area contributed by atoms with E-state index in [1.54, 1.807) is 0 Å². The first-order valence-corrected chi connectivity index (χ1v) is 7.92. The number of hydrogen-bond acceptors (Lipinski definition) is 3. The SMILES string of the molecule is O=C(NN(Cc1ccccc1)c1ccccc1)c1cccs1. The van der Waals surface area contributed by atoms with E-state index < -0.39 is 0 Å². The molecular formula is C18H16N2OS. The van der Waals surface area contributed by atoms with Gasteiger partial charge in [-0.1, -0.05) is 54.6 Å². The van der Waals surface area contributed by atoms with Crippen molar-refractivity contribution in [3.05, 3.63) is 88.6 Å². The van der Waals surface area contributed by atoms with Gasteiger partial charge in [-0.3, -0.25) is 15.2 Å². The molecule has 0 aliphatic heterocycles. The summed E-state index contributed by atoms with van der Waals surface area (Å²) in [6.07, 6.45) is 0. The number of carbonyl (C=O) groups is 1. The smallest absolute Gasteiger partial charge is 0.279 e. The monoisotopic (exact) mass is 308 g/mol. The van der Waals surface area contributed by atoms with Crippen LogP contribution in [0.15, 0.2) is 78.2 Å². The highest BCUT2D eigenvalue weighted by Gasteiger charge is 2.13. The molecule has 1 amide bonds.